The molecule has 1 aliphatic heterocycles. The monoisotopic (exact) mass is 478 g/mol. The number of anilines is 1. The van der Waals surface area contributed by atoms with Crippen molar-refractivity contribution in [1.82, 2.24) is 24.6 Å². The number of aliphatic hydroxyl groups is 1. The molecule has 184 valence electrons. The molecule has 5 heterocycles. The van der Waals surface area contributed by atoms with E-state index in [9.17, 15) is 5.11 Å². The second-order valence-electron chi connectivity index (χ2n) is 9.74. The molecule has 0 bridgehead atoms. The molecule has 0 aromatic carbocycles. The summed E-state index contributed by atoms with van der Waals surface area (Å²) in [6.45, 7) is 9.63. The van der Waals surface area contributed by atoms with Crippen LogP contribution in [0.2, 0.25) is 0 Å². The summed E-state index contributed by atoms with van der Waals surface area (Å²) in [5.74, 6) is 2.22. The molecule has 1 saturated heterocycles. The van der Waals surface area contributed by atoms with E-state index in [2.05, 4.69) is 25.4 Å². The molecule has 0 spiro atoms. The number of aryl methyl sites for hydroxylation is 1. The molecule has 35 heavy (non-hydrogen) atoms. The lowest BCUT2D eigenvalue weighted by Gasteiger charge is -2.21. The second-order valence-corrected chi connectivity index (χ2v) is 9.74. The van der Waals surface area contributed by atoms with E-state index < -0.39 is 6.10 Å². The molecule has 1 fully saturated rings. The van der Waals surface area contributed by atoms with Gasteiger partial charge in [0.05, 0.1) is 42.5 Å². The van der Waals surface area contributed by atoms with Gasteiger partial charge in [-0.25, -0.2) is 0 Å². The predicted molar refractivity (Wildman–Crippen MR) is 129 cm³/mol. The zero-order chi connectivity index (χ0) is 24.6. The molecule has 4 aromatic rings. The minimum Gasteiger partial charge on any atom is -0.458 e. The molecule has 10 heteroatoms. The van der Waals surface area contributed by atoms with Crippen LogP contribution < -0.4 is 5.32 Å². The van der Waals surface area contributed by atoms with Crippen molar-refractivity contribution in [2.45, 2.75) is 58.5 Å². The van der Waals surface area contributed by atoms with Crippen molar-refractivity contribution in [3.63, 3.8) is 0 Å². The maximum atomic E-state index is 11.3. The number of fused-ring (bicyclic) bond motifs is 1. The van der Waals surface area contributed by atoms with Crippen molar-refractivity contribution in [3.8, 4) is 11.6 Å². The van der Waals surface area contributed by atoms with E-state index in [1.165, 1.54) is 0 Å². The smallest absolute Gasteiger partial charge is 0.227 e. The minimum atomic E-state index is -1.04. The van der Waals surface area contributed by atoms with Gasteiger partial charge in [0, 0.05) is 12.1 Å². The summed E-state index contributed by atoms with van der Waals surface area (Å²) in [5.41, 5.74) is 1.94. The molecule has 2 N–H and O–H groups in total. The quantitative estimate of drug-likeness (QED) is 0.410. The highest BCUT2D eigenvalue weighted by Gasteiger charge is 2.24. The van der Waals surface area contributed by atoms with Crippen LogP contribution in [-0.2, 0) is 16.1 Å². The Kier molecular flexibility index (Phi) is 6.26. The summed E-state index contributed by atoms with van der Waals surface area (Å²) >= 11 is 0. The van der Waals surface area contributed by atoms with E-state index in [-0.39, 0.29) is 11.6 Å². The number of nitrogens with zero attached hydrogens (tertiary/aromatic N) is 5. The Balaban J connectivity index is 1.50. The van der Waals surface area contributed by atoms with Crippen LogP contribution in [0.15, 0.2) is 40.9 Å². The minimum absolute atomic E-state index is 0.0825. The lowest BCUT2D eigenvalue weighted by Crippen LogP contribution is -2.27. The van der Waals surface area contributed by atoms with Crippen molar-refractivity contribution < 1.29 is 19.0 Å². The molecule has 2 atom stereocenters. The highest BCUT2D eigenvalue weighted by Crippen LogP contribution is 2.29. The molecular weight excluding hydrogens is 448 g/mol. The van der Waals surface area contributed by atoms with Gasteiger partial charge < -0.3 is 24.3 Å². The first-order chi connectivity index (χ1) is 16.8. The SMILES string of the molecule is Cc1ccc(-c2nc(NC(C)(C)C)nc3c(C(O)c4cccc(CO[C@H]5CCOC5)n4)cnn23)o1. The fourth-order valence-electron chi connectivity index (χ4n) is 3.93. The summed E-state index contributed by atoms with van der Waals surface area (Å²) in [6.07, 6.45) is 1.52. The highest BCUT2D eigenvalue weighted by atomic mass is 16.5. The number of ether oxygens (including phenoxy) is 2. The van der Waals surface area contributed by atoms with E-state index in [4.69, 9.17) is 13.9 Å². The van der Waals surface area contributed by atoms with Crippen LogP contribution in [0.3, 0.4) is 0 Å². The summed E-state index contributed by atoms with van der Waals surface area (Å²) in [4.78, 5) is 14.0. The van der Waals surface area contributed by atoms with Gasteiger partial charge in [0.25, 0.3) is 0 Å². The molecule has 1 unspecified atom stereocenters. The van der Waals surface area contributed by atoms with Crippen molar-refractivity contribution >= 4 is 11.6 Å². The topological polar surface area (TPSA) is 120 Å². The third kappa shape index (κ3) is 5.19. The van der Waals surface area contributed by atoms with Gasteiger partial charge in [-0.3, -0.25) is 4.98 Å². The first-order valence-electron chi connectivity index (χ1n) is 11.7. The first-order valence-corrected chi connectivity index (χ1v) is 11.7. The highest BCUT2D eigenvalue weighted by molar-refractivity contribution is 5.60. The second kappa shape index (κ2) is 9.37. The van der Waals surface area contributed by atoms with E-state index in [1.807, 2.05) is 52.0 Å². The van der Waals surface area contributed by atoms with Gasteiger partial charge in [-0.2, -0.15) is 19.6 Å². The van der Waals surface area contributed by atoms with Gasteiger partial charge in [0.1, 0.15) is 11.9 Å². The summed E-state index contributed by atoms with van der Waals surface area (Å²) < 4.78 is 18.7. The molecule has 0 aliphatic carbocycles. The molecule has 0 amide bonds. The van der Waals surface area contributed by atoms with Crippen molar-refractivity contribution in [2.24, 2.45) is 0 Å². The van der Waals surface area contributed by atoms with E-state index in [1.54, 1.807) is 16.8 Å². The molecule has 5 rings (SSSR count). The van der Waals surface area contributed by atoms with Crippen LogP contribution in [-0.4, -0.2) is 54.5 Å². The van der Waals surface area contributed by atoms with Gasteiger partial charge in [-0.05, 0) is 58.4 Å². The largest absolute Gasteiger partial charge is 0.458 e. The molecule has 10 nitrogen and oxygen atoms in total. The van der Waals surface area contributed by atoms with Crippen LogP contribution in [0.25, 0.3) is 17.2 Å². The Hall–Kier alpha value is -3.34. The van der Waals surface area contributed by atoms with Crippen LogP contribution in [0.1, 0.15) is 56.0 Å². The van der Waals surface area contributed by atoms with Crippen molar-refractivity contribution in [3.05, 3.63) is 59.2 Å². The number of rotatable bonds is 7. The third-order valence-corrected chi connectivity index (χ3v) is 5.60. The number of hydrogen-bond acceptors (Lipinski definition) is 9. The standard InChI is InChI=1S/C25H30N6O4/c1-15-8-9-20(35-15)23-29-24(30-25(2,3)4)28-22-18(12-26-31(22)23)21(32)19-7-5-6-16(27-19)13-34-17-10-11-33-14-17/h5-9,12,17,21,32H,10-11,13-14H2,1-4H3,(H,28,30)/t17-,21?/m0/s1. The average Bonchev–Trinajstić information content (AvgIpc) is 3.57. The van der Waals surface area contributed by atoms with Crippen LogP contribution >= 0.6 is 0 Å². The van der Waals surface area contributed by atoms with Gasteiger partial charge >= 0.3 is 0 Å². The van der Waals surface area contributed by atoms with E-state index in [0.717, 1.165) is 24.5 Å². The Bertz CT molecular complexity index is 1320. The molecule has 1 aliphatic rings. The third-order valence-electron chi connectivity index (χ3n) is 5.60. The fourth-order valence-corrected chi connectivity index (χ4v) is 3.93. The zero-order valence-electron chi connectivity index (χ0n) is 20.4. The predicted octanol–water partition coefficient (Wildman–Crippen LogP) is 3.69. The number of aliphatic hydroxyl groups excluding tert-OH is 1. The van der Waals surface area contributed by atoms with Gasteiger partial charge in [-0.1, -0.05) is 6.07 Å². The van der Waals surface area contributed by atoms with E-state index >= 15 is 0 Å². The lowest BCUT2D eigenvalue weighted by molar-refractivity contribution is 0.0299. The fraction of sp³-hybridized carbons (Fsp3) is 0.440. The van der Waals surface area contributed by atoms with E-state index in [0.29, 0.717) is 47.7 Å². The Morgan fingerprint density at radius 3 is 2.77 bits per heavy atom. The summed E-state index contributed by atoms with van der Waals surface area (Å²) in [7, 11) is 0. The van der Waals surface area contributed by atoms with Crippen LogP contribution in [0.4, 0.5) is 5.95 Å². The molecule has 0 radical (unpaired) electrons. The van der Waals surface area contributed by atoms with Gasteiger partial charge in [0.15, 0.2) is 11.4 Å². The van der Waals surface area contributed by atoms with Crippen molar-refractivity contribution in [2.75, 3.05) is 18.5 Å². The number of nitrogens with one attached hydrogen (secondary N) is 1. The maximum Gasteiger partial charge on any atom is 0.227 e. The molecule has 4 aromatic heterocycles. The molecule has 0 saturated carbocycles. The molecular formula is C25H30N6O4. The summed E-state index contributed by atoms with van der Waals surface area (Å²) in [5, 5.41) is 19.1. The lowest BCUT2D eigenvalue weighted by atomic mass is 10.1. The van der Waals surface area contributed by atoms with Crippen LogP contribution in [0, 0.1) is 6.92 Å². The number of aromatic nitrogens is 5. The van der Waals surface area contributed by atoms with Crippen molar-refractivity contribution in [1.29, 1.82) is 0 Å². The van der Waals surface area contributed by atoms with Gasteiger partial charge in [0.2, 0.25) is 11.8 Å². The maximum absolute atomic E-state index is 11.3. The zero-order valence-corrected chi connectivity index (χ0v) is 20.4. The Morgan fingerprint density at radius 1 is 1.20 bits per heavy atom. The van der Waals surface area contributed by atoms with Crippen LogP contribution in [0.5, 0.6) is 0 Å². The average molecular weight is 479 g/mol. The van der Waals surface area contributed by atoms with Gasteiger partial charge in [-0.15, -0.1) is 0 Å². The normalized spacial score (nSPS) is 17.2. The Labute approximate surface area is 203 Å². The Morgan fingerprint density at radius 2 is 2.06 bits per heavy atom. The number of furan rings is 1. The number of pyridine rings is 1. The first kappa shape index (κ1) is 23.4. The summed E-state index contributed by atoms with van der Waals surface area (Å²) in [6, 6.07) is 9.24. The number of hydrogen-bond donors (Lipinski definition) is 2.